The summed E-state index contributed by atoms with van der Waals surface area (Å²) in [7, 11) is 0. The summed E-state index contributed by atoms with van der Waals surface area (Å²) in [5.74, 6) is 0.388. The van der Waals surface area contributed by atoms with Gasteiger partial charge in [-0.15, -0.1) is 11.8 Å². The molecule has 0 aliphatic carbocycles. The molecule has 1 aromatic carbocycles. The van der Waals surface area contributed by atoms with E-state index >= 15 is 0 Å². The first-order valence-corrected chi connectivity index (χ1v) is 6.05. The average molecular weight is 227 g/mol. The summed E-state index contributed by atoms with van der Waals surface area (Å²) in [5, 5.41) is 0.398. The summed E-state index contributed by atoms with van der Waals surface area (Å²) >= 11 is 1.73. The maximum Gasteiger partial charge on any atom is 0.126 e. The fraction of sp³-hybridized carbons (Fsp3) is 0.500. The molecule has 0 heterocycles. The molecule has 3 heteroatoms. The van der Waals surface area contributed by atoms with Crippen LogP contribution in [0.15, 0.2) is 23.1 Å². The van der Waals surface area contributed by atoms with E-state index in [-0.39, 0.29) is 5.82 Å². The van der Waals surface area contributed by atoms with Crippen LogP contribution in [0.1, 0.15) is 19.4 Å². The van der Waals surface area contributed by atoms with Gasteiger partial charge in [0.1, 0.15) is 5.82 Å². The Morgan fingerprint density at radius 1 is 1.40 bits per heavy atom. The molecule has 0 aliphatic heterocycles. The smallest absolute Gasteiger partial charge is 0.126 e. The predicted molar refractivity (Wildman–Crippen MR) is 64.7 cm³/mol. The molecule has 84 valence electrons. The lowest BCUT2D eigenvalue weighted by Gasteiger charge is -2.18. The molecular weight excluding hydrogens is 209 g/mol. The van der Waals surface area contributed by atoms with Gasteiger partial charge in [-0.1, -0.05) is 13.8 Å². The van der Waals surface area contributed by atoms with Crippen molar-refractivity contribution in [3.63, 3.8) is 0 Å². The molecule has 0 saturated heterocycles. The van der Waals surface area contributed by atoms with Crippen molar-refractivity contribution in [3.8, 4) is 0 Å². The van der Waals surface area contributed by atoms with Gasteiger partial charge in [0.05, 0.1) is 0 Å². The van der Waals surface area contributed by atoms with E-state index in [1.807, 2.05) is 12.1 Å². The van der Waals surface area contributed by atoms with Crippen LogP contribution in [0, 0.1) is 18.7 Å². The number of hydrogen-bond donors (Lipinski definition) is 1. The largest absolute Gasteiger partial charge is 0.329 e. The summed E-state index contributed by atoms with van der Waals surface area (Å²) in [6, 6.07) is 5.22. The van der Waals surface area contributed by atoms with Crippen molar-refractivity contribution >= 4 is 11.8 Å². The van der Waals surface area contributed by atoms with E-state index in [9.17, 15) is 4.39 Å². The van der Waals surface area contributed by atoms with Crippen LogP contribution in [0.4, 0.5) is 4.39 Å². The Labute approximate surface area is 95.2 Å². The third-order valence-corrected chi connectivity index (χ3v) is 3.96. The van der Waals surface area contributed by atoms with Crippen molar-refractivity contribution in [2.45, 2.75) is 30.9 Å². The van der Waals surface area contributed by atoms with Crippen LogP contribution < -0.4 is 5.73 Å². The van der Waals surface area contributed by atoms with Crippen LogP contribution in [0.25, 0.3) is 0 Å². The van der Waals surface area contributed by atoms with Gasteiger partial charge in [-0.25, -0.2) is 4.39 Å². The Morgan fingerprint density at radius 2 is 2.07 bits per heavy atom. The van der Waals surface area contributed by atoms with Crippen molar-refractivity contribution in [1.82, 2.24) is 0 Å². The van der Waals surface area contributed by atoms with Crippen molar-refractivity contribution < 1.29 is 4.39 Å². The minimum atomic E-state index is -0.145. The molecule has 2 N–H and O–H groups in total. The molecule has 0 saturated carbocycles. The number of thioether (sulfide) groups is 1. The Hall–Kier alpha value is -0.540. The Balaban J connectivity index is 2.75. The van der Waals surface area contributed by atoms with Gasteiger partial charge in [0.25, 0.3) is 0 Å². The molecule has 0 spiro atoms. The highest BCUT2D eigenvalue weighted by Crippen LogP contribution is 2.28. The average Bonchev–Trinajstić information content (AvgIpc) is 2.19. The van der Waals surface area contributed by atoms with Crippen molar-refractivity contribution in [1.29, 1.82) is 0 Å². The van der Waals surface area contributed by atoms with E-state index < -0.39 is 0 Å². The Morgan fingerprint density at radius 3 is 2.53 bits per heavy atom. The number of hydrogen-bond acceptors (Lipinski definition) is 2. The fourth-order valence-electron chi connectivity index (χ4n) is 1.32. The maximum atomic E-state index is 13.0. The summed E-state index contributed by atoms with van der Waals surface area (Å²) in [4.78, 5) is 1.10. The first-order valence-electron chi connectivity index (χ1n) is 5.17. The van der Waals surface area contributed by atoms with Crippen molar-refractivity contribution in [2.75, 3.05) is 6.54 Å². The van der Waals surface area contributed by atoms with Gasteiger partial charge in [-0.2, -0.15) is 0 Å². The van der Waals surface area contributed by atoms with E-state index in [0.29, 0.717) is 23.3 Å². The van der Waals surface area contributed by atoms with Crippen molar-refractivity contribution in [2.24, 2.45) is 11.7 Å². The van der Waals surface area contributed by atoms with Gasteiger partial charge < -0.3 is 5.73 Å². The van der Waals surface area contributed by atoms with Gasteiger partial charge >= 0.3 is 0 Å². The highest BCUT2D eigenvalue weighted by molar-refractivity contribution is 8.00. The summed E-state index contributed by atoms with van der Waals surface area (Å²) < 4.78 is 13.0. The first-order chi connectivity index (χ1) is 7.04. The molecule has 1 unspecified atom stereocenters. The van der Waals surface area contributed by atoms with E-state index in [4.69, 9.17) is 5.73 Å². The Bertz CT molecular complexity index is 325. The predicted octanol–water partition coefficient (Wildman–Crippen LogP) is 3.21. The standard InChI is InChI=1S/C12H18FNS/c1-8(2)12(7-14)15-10-4-5-11(13)9(3)6-10/h4-6,8,12H,7,14H2,1-3H3. The van der Waals surface area contributed by atoms with Crippen LogP contribution in [-0.2, 0) is 0 Å². The maximum absolute atomic E-state index is 13.0. The highest BCUT2D eigenvalue weighted by atomic mass is 32.2. The monoisotopic (exact) mass is 227 g/mol. The molecule has 0 radical (unpaired) electrons. The second-order valence-corrected chi connectivity index (χ2v) is 5.36. The molecule has 0 bridgehead atoms. The summed E-state index contributed by atoms with van der Waals surface area (Å²) in [5.41, 5.74) is 6.39. The van der Waals surface area contributed by atoms with Gasteiger partial charge in [-0.05, 0) is 36.6 Å². The molecular formula is C12H18FNS. The van der Waals surface area contributed by atoms with Crippen LogP contribution in [0.3, 0.4) is 0 Å². The second kappa shape index (κ2) is 5.52. The lowest BCUT2D eigenvalue weighted by molar-refractivity contribution is 0.611. The van der Waals surface area contributed by atoms with Crippen LogP contribution >= 0.6 is 11.8 Å². The zero-order valence-corrected chi connectivity index (χ0v) is 10.3. The lowest BCUT2D eigenvalue weighted by Crippen LogP contribution is -2.22. The molecule has 1 rings (SSSR count). The van der Waals surface area contributed by atoms with Gasteiger partial charge in [0.15, 0.2) is 0 Å². The van der Waals surface area contributed by atoms with Crippen molar-refractivity contribution in [3.05, 3.63) is 29.6 Å². The van der Waals surface area contributed by atoms with Gasteiger partial charge in [0, 0.05) is 16.7 Å². The Kier molecular flexibility index (Phi) is 4.61. The zero-order valence-electron chi connectivity index (χ0n) is 9.46. The molecule has 0 amide bonds. The first kappa shape index (κ1) is 12.5. The molecule has 15 heavy (non-hydrogen) atoms. The normalized spacial score (nSPS) is 13.2. The molecule has 1 atom stereocenters. The topological polar surface area (TPSA) is 26.0 Å². The van der Waals surface area contributed by atoms with E-state index in [0.717, 1.165) is 4.90 Å². The number of halogens is 1. The number of rotatable bonds is 4. The zero-order chi connectivity index (χ0) is 11.4. The van der Waals surface area contributed by atoms with Gasteiger partial charge in [0.2, 0.25) is 0 Å². The minimum Gasteiger partial charge on any atom is -0.329 e. The molecule has 0 aromatic heterocycles. The van der Waals surface area contributed by atoms with Gasteiger partial charge in [-0.3, -0.25) is 0 Å². The van der Waals surface area contributed by atoms with Crippen LogP contribution in [0.2, 0.25) is 0 Å². The fourth-order valence-corrected chi connectivity index (χ4v) is 2.43. The number of benzene rings is 1. The highest BCUT2D eigenvalue weighted by Gasteiger charge is 2.13. The summed E-state index contributed by atoms with van der Waals surface area (Å²) in [6.45, 7) is 6.74. The van der Waals surface area contributed by atoms with Crippen LogP contribution in [0.5, 0.6) is 0 Å². The second-order valence-electron chi connectivity index (χ2n) is 4.05. The number of nitrogens with two attached hydrogens (primary N) is 1. The molecule has 0 fully saturated rings. The SMILES string of the molecule is Cc1cc(SC(CN)C(C)C)ccc1F. The minimum absolute atomic E-state index is 0.145. The third kappa shape index (κ3) is 3.50. The molecule has 0 aliphatic rings. The quantitative estimate of drug-likeness (QED) is 0.799. The lowest BCUT2D eigenvalue weighted by atomic mass is 10.1. The third-order valence-electron chi connectivity index (χ3n) is 2.39. The van der Waals surface area contributed by atoms with E-state index in [2.05, 4.69) is 13.8 Å². The van der Waals surface area contributed by atoms with E-state index in [1.54, 1.807) is 18.7 Å². The van der Waals surface area contributed by atoms with Crippen LogP contribution in [-0.4, -0.2) is 11.8 Å². The molecule has 1 nitrogen and oxygen atoms in total. The number of aryl methyl sites for hydroxylation is 1. The summed E-state index contributed by atoms with van der Waals surface area (Å²) in [6.07, 6.45) is 0. The van der Waals surface area contributed by atoms with E-state index in [1.165, 1.54) is 6.07 Å². The molecule has 1 aromatic rings.